The largest absolute Gasteiger partial charge is 0.371 e. The van der Waals surface area contributed by atoms with Gasteiger partial charge in [0.1, 0.15) is 12.1 Å². The maximum Gasteiger partial charge on any atom is 0.262 e. The van der Waals surface area contributed by atoms with Crippen LogP contribution in [0.3, 0.4) is 0 Å². The molecule has 1 unspecified atom stereocenters. The Labute approximate surface area is 337 Å². The molecule has 8 rings (SSSR count). The summed E-state index contributed by atoms with van der Waals surface area (Å²) in [6, 6.07) is 20.6. The molecule has 5 aliphatic heterocycles. The summed E-state index contributed by atoms with van der Waals surface area (Å²) in [6.45, 7) is 8.30. The van der Waals surface area contributed by atoms with Crippen LogP contribution in [-0.4, -0.2) is 122 Å². The number of rotatable bonds is 6. The van der Waals surface area contributed by atoms with E-state index in [-0.39, 0.29) is 24.3 Å². The minimum atomic E-state index is -0.979. The van der Waals surface area contributed by atoms with Crippen molar-refractivity contribution in [2.24, 2.45) is 0 Å². The Morgan fingerprint density at radius 3 is 1.93 bits per heavy atom. The van der Waals surface area contributed by atoms with Crippen molar-refractivity contribution in [3.05, 3.63) is 87.9 Å². The number of anilines is 3. The van der Waals surface area contributed by atoms with Crippen LogP contribution in [0.4, 0.5) is 17.1 Å². The zero-order valence-corrected chi connectivity index (χ0v) is 32.8. The quantitative estimate of drug-likeness (QED) is 0.354. The summed E-state index contributed by atoms with van der Waals surface area (Å²) in [5.41, 5.74) is 4.85. The van der Waals surface area contributed by atoms with Crippen LogP contribution in [0.25, 0.3) is 0 Å². The van der Waals surface area contributed by atoms with Crippen LogP contribution >= 0.6 is 11.6 Å². The molecular weight excluding hydrogens is 744 g/mol. The smallest absolute Gasteiger partial charge is 0.262 e. The first-order valence-corrected chi connectivity index (χ1v) is 20.5. The molecule has 5 heterocycles. The molecule has 0 radical (unpaired) electrons. The first kappa shape index (κ1) is 38.4. The second kappa shape index (κ2) is 16.6. The normalized spacial score (nSPS) is 21.5. The Kier molecular flexibility index (Phi) is 11.2. The van der Waals surface area contributed by atoms with Gasteiger partial charge in [-0.25, -0.2) is 0 Å². The number of amides is 5. The third-order valence-corrected chi connectivity index (χ3v) is 12.6. The van der Waals surface area contributed by atoms with E-state index < -0.39 is 29.7 Å². The van der Waals surface area contributed by atoms with Crippen molar-refractivity contribution < 1.29 is 24.0 Å². The summed E-state index contributed by atoms with van der Waals surface area (Å²) >= 11 is 6.33. The van der Waals surface area contributed by atoms with E-state index in [0.29, 0.717) is 40.8 Å². The van der Waals surface area contributed by atoms with Crippen LogP contribution in [0, 0.1) is 11.3 Å². The fourth-order valence-corrected chi connectivity index (χ4v) is 9.24. The molecule has 0 saturated carbocycles. The molecule has 13 nitrogen and oxygen atoms in total. The number of imide groups is 2. The van der Waals surface area contributed by atoms with Crippen molar-refractivity contribution in [2.75, 3.05) is 80.1 Å². The Bertz CT molecular complexity index is 2100. The molecular formula is C43H47ClN8O5. The average molecular weight is 791 g/mol. The van der Waals surface area contributed by atoms with Gasteiger partial charge in [-0.2, -0.15) is 5.26 Å². The molecule has 4 fully saturated rings. The number of nitrogens with one attached hydrogen (secondary N) is 1. The van der Waals surface area contributed by atoms with Gasteiger partial charge in [0.05, 0.1) is 21.7 Å². The fourth-order valence-electron chi connectivity index (χ4n) is 9.02. The molecule has 4 saturated heterocycles. The molecule has 0 bridgehead atoms. The van der Waals surface area contributed by atoms with Crippen molar-refractivity contribution >= 4 is 58.2 Å². The van der Waals surface area contributed by atoms with Gasteiger partial charge in [0.25, 0.3) is 17.7 Å². The van der Waals surface area contributed by atoms with Crippen LogP contribution in [0.15, 0.2) is 60.7 Å². The Morgan fingerprint density at radius 2 is 1.26 bits per heavy atom. The highest BCUT2D eigenvalue weighted by Gasteiger charge is 2.45. The van der Waals surface area contributed by atoms with E-state index in [2.05, 4.69) is 43.1 Å². The topological polar surface area (TPSA) is 141 Å². The number of nitriles is 1. The average Bonchev–Trinajstić information content (AvgIpc) is 3.55. The lowest BCUT2D eigenvalue weighted by Gasteiger charge is -2.43. The van der Waals surface area contributed by atoms with Gasteiger partial charge in [0.15, 0.2) is 0 Å². The van der Waals surface area contributed by atoms with Crippen LogP contribution in [0.2, 0.25) is 5.02 Å². The maximum absolute atomic E-state index is 13.6. The monoisotopic (exact) mass is 790 g/mol. The fraction of sp³-hybridized carbons (Fsp3) is 0.442. The lowest BCUT2D eigenvalue weighted by atomic mass is 10.0. The number of hydrogen-bond donors (Lipinski definition) is 1. The molecule has 5 aliphatic rings. The van der Waals surface area contributed by atoms with Gasteiger partial charge >= 0.3 is 0 Å². The number of halogens is 1. The van der Waals surface area contributed by atoms with E-state index in [1.165, 1.54) is 0 Å². The van der Waals surface area contributed by atoms with E-state index in [0.717, 1.165) is 106 Å². The van der Waals surface area contributed by atoms with Gasteiger partial charge < -0.3 is 19.6 Å². The number of fused-ring (bicyclic) bond motifs is 1. The van der Waals surface area contributed by atoms with Gasteiger partial charge in [-0.15, -0.1) is 0 Å². The SMILES string of the molecule is N#Cc1ccc(N2CCCCN(c3ccc(C(=O)N4CCN(C5CCN(c6ccc7c(c6)C(=O)N(C6CCC(=O)NC6=O)C7=O)CC5)CC4)cc3)CCC2)cc1Cl. The summed E-state index contributed by atoms with van der Waals surface area (Å²) in [7, 11) is 0. The van der Waals surface area contributed by atoms with Crippen molar-refractivity contribution in [1.82, 2.24) is 20.0 Å². The van der Waals surface area contributed by atoms with Crippen LogP contribution in [0.1, 0.15) is 81.6 Å². The van der Waals surface area contributed by atoms with Crippen molar-refractivity contribution in [3.63, 3.8) is 0 Å². The van der Waals surface area contributed by atoms with Crippen LogP contribution in [0.5, 0.6) is 0 Å². The van der Waals surface area contributed by atoms with Gasteiger partial charge in [0, 0.05) is 101 Å². The summed E-state index contributed by atoms with van der Waals surface area (Å²) in [4.78, 5) is 76.6. The minimum absolute atomic E-state index is 0.0676. The lowest BCUT2D eigenvalue weighted by molar-refractivity contribution is -0.136. The molecule has 1 atom stereocenters. The summed E-state index contributed by atoms with van der Waals surface area (Å²) in [5, 5.41) is 12.0. The maximum atomic E-state index is 13.6. The van der Waals surface area contributed by atoms with E-state index in [9.17, 15) is 29.2 Å². The molecule has 5 amide bonds. The zero-order chi connectivity index (χ0) is 39.6. The van der Waals surface area contributed by atoms with E-state index in [1.807, 2.05) is 35.2 Å². The summed E-state index contributed by atoms with van der Waals surface area (Å²) < 4.78 is 0. The number of piperidine rings is 2. The Morgan fingerprint density at radius 1 is 0.667 bits per heavy atom. The lowest BCUT2D eigenvalue weighted by Crippen LogP contribution is -2.54. The van der Waals surface area contributed by atoms with Gasteiger partial charge in [-0.3, -0.25) is 39.1 Å². The third-order valence-electron chi connectivity index (χ3n) is 12.3. The molecule has 3 aromatic carbocycles. The van der Waals surface area contributed by atoms with Crippen molar-refractivity contribution in [3.8, 4) is 6.07 Å². The van der Waals surface area contributed by atoms with E-state index in [4.69, 9.17) is 11.6 Å². The highest BCUT2D eigenvalue weighted by atomic mass is 35.5. The molecule has 1 N–H and O–H groups in total. The zero-order valence-electron chi connectivity index (χ0n) is 32.0. The number of carbonyl (C=O) groups excluding carboxylic acids is 5. The molecule has 0 spiro atoms. The number of piperazine rings is 1. The van der Waals surface area contributed by atoms with Gasteiger partial charge in [-0.05, 0) is 99.2 Å². The molecule has 57 heavy (non-hydrogen) atoms. The highest BCUT2D eigenvalue weighted by Crippen LogP contribution is 2.33. The summed E-state index contributed by atoms with van der Waals surface area (Å²) in [5.74, 6) is -1.93. The highest BCUT2D eigenvalue weighted by molar-refractivity contribution is 6.32. The number of carbonyl (C=O) groups is 5. The standard InChI is InChI=1S/C43H47ClN8O5/c44-37-27-34(9-6-30(37)28-45)48-17-2-1-16-47(18-3-19-48)31-7-4-29(5-8-31)41(55)51-24-22-50(23-25-51)32-14-20-49(21-15-32)33-10-11-35-36(26-33)43(57)52(42(35)56)38-12-13-39(53)46-40(38)54/h4-11,26-27,32,38H,1-3,12-25H2,(H,46,53,54). The first-order chi connectivity index (χ1) is 27.7. The number of benzene rings is 3. The second-order valence-corrected chi connectivity index (χ2v) is 16.0. The van der Waals surface area contributed by atoms with E-state index >= 15 is 0 Å². The molecule has 3 aromatic rings. The van der Waals surface area contributed by atoms with E-state index in [1.54, 1.807) is 18.2 Å². The van der Waals surface area contributed by atoms with Crippen molar-refractivity contribution in [1.29, 1.82) is 5.26 Å². The predicted molar refractivity (Wildman–Crippen MR) is 217 cm³/mol. The first-order valence-electron chi connectivity index (χ1n) is 20.1. The second-order valence-electron chi connectivity index (χ2n) is 15.6. The molecule has 0 aliphatic carbocycles. The Balaban J connectivity index is 0.801. The third kappa shape index (κ3) is 7.93. The van der Waals surface area contributed by atoms with Crippen molar-refractivity contribution in [2.45, 2.75) is 57.0 Å². The number of nitrogens with zero attached hydrogens (tertiary/aromatic N) is 7. The molecule has 14 heteroatoms. The molecule has 296 valence electrons. The summed E-state index contributed by atoms with van der Waals surface area (Å²) in [6.07, 6.45) is 5.18. The van der Waals surface area contributed by atoms with Crippen LogP contribution < -0.4 is 20.0 Å². The van der Waals surface area contributed by atoms with Gasteiger partial charge in [0.2, 0.25) is 11.8 Å². The predicted octanol–water partition coefficient (Wildman–Crippen LogP) is 4.54. The Hall–Kier alpha value is -5.45. The minimum Gasteiger partial charge on any atom is -0.371 e. The molecule has 0 aromatic heterocycles. The number of hydrogen-bond acceptors (Lipinski definition) is 10. The van der Waals surface area contributed by atoms with Gasteiger partial charge in [-0.1, -0.05) is 11.6 Å². The van der Waals surface area contributed by atoms with Crippen LogP contribution in [-0.2, 0) is 9.59 Å².